The third-order valence-corrected chi connectivity index (χ3v) is 5.14. The molecule has 2 N–H and O–H groups in total. The van der Waals surface area contributed by atoms with Gasteiger partial charge in [0.15, 0.2) is 9.84 Å². The molecule has 1 aromatic rings. The number of aromatic nitrogens is 1. The van der Waals surface area contributed by atoms with Gasteiger partial charge in [0.25, 0.3) is 5.91 Å². The summed E-state index contributed by atoms with van der Waals surface area (Å²) in [4.78, 5) is 15.8. The normalized spacial score (nSPS) is 11.4. The molecule has 7 heteroatoms. The Labute approximate surface area is 124 Å². The largest absolute Gasteiger partial charge is 0.384 e. The minimum absolute atomic E-state index is 0.00157. The standard InChI is InChI=1S/C14H18N2O4S/c1-14(2,21(3,19)20)10-16-13(18)12-7-6-11(9-15-12)5-4-8-17/h6-7,9,17H,8,10H2,1-3H3,(H,16,18). The number of pyridine rings is 1. The first-order chi connectivity index (χ1) is 9.67. The first kappa shape index (κ1) is 17.1. The summed E-state index contributed by atoms with van der Waals surface area (Å²) in [7, 11) is -3.27. The minimum atomic E-state index is -3.27. The second-order valence-corrected chi connectivity index (χ2v) is 7.76. The smallest absolute Gasteiger partial charge is 0.269 e. The molecule has 1 rings (SSSR count). The highest BCUT2D eigenvalue weighted by Gasteiger charge is 2.30. The van der Waals surface area contributed by atoms with Crippen LogP contribution in [0, 0.1) is 11.8 Å². The fourth-order valence-corrected chi connectivity index (χ4v) is 1.59. The van der Waals surface area contributed by atoms with Crippen LogP contribution in [0.4, 0.5) is 0 Å². The molecule has 0 saturated heterocycles. The highest BCUT2D eigenvalue weighted by molar-refractivity contribution is 7.92. The van der Waals surface area contributed by atoms with Crippen molar-refractivity contribution in [3.05, 3.63) is 29.6 Å². The van der Waals surface area contributed by atoms with Crippen LogP contribution in [0.1, 0.15) is 29.9 Å². The van der Waals surface area contributed by atoms with Gasteiger partial charge in [0, 0.05) is 24.6 Å². The minimum Gasteiger partial charge on any atom is -0.384 e. The van der Waals surface area contributed by atoms with Crippen LogP contribution in [0.5, 0.6) is 0 Å². The van der Waals surface area contributed by atoms with Crippen molar-refractivity contribution in [2.24, 2.45) is 0 Å². The molecule has 0 fully saturated rings. The number of nitrogens with zero attached hydrogens (tertiary/aromatic N) is 1. The highest BCUT2D eigenvalue weighted by atomic mass is 32.2. The Balaban J connectivity index is 2.73. The van der Waals surface area contributed by atoms with E-state index in [1.165, 1.54) is 12.3 Å². The molecule has 0 aliphatic heterocycles. The van der Waals surface area contributed by atoms with E-state index < -0.39 is 20.5 Å². The summed E-state index contributed by atoms with van der Waals surface area (Å²) in [5, 5.41) is 11.1. The Morgan fingerprint density at radius 2 is 2.10 bits per heavy atom. The van der Waals surface area contributed by atoms with Crippen LogP contribution in [0.3, 0.4) is 0 Å². The summed E-state index contributed by atoms with van der Waals surface area (Å²) >= 11 is 0. The molecule has 6 nitrogen and oxygen atoms in total. The highest BCUT2D eigenvalue weighted by Crippen LogP contribution is 2.13. The van der Waals surface area contributed by atoms with Gasteiger partial charge in [-0.05, 0) is 26.0 Å². The first-order valence-electron chi connectivity index (χ1n) is 6.21. The van der Waals surface area contributed by atoms with Crippen molar-refractivity contribution >= 4 is 15.7 Å². The van der Waals surface area contributed by atoms with Gasteiger partial charge >= 0.3 is 0 Å². The number of carbonyl (C=O) groups excluding carboxylic acids is 1. The molecule has 0 aliphatic carbocycles. The van der Waals surface area contributed by atoms with Gasteiger partial charge in [-0.25, -0.2) is 13.4 Å². The summed E-state index contributed by atoms with van der Waals surface area (Å²) in [6.07, 6.45) is 2.55. The first-order valence-corrected chi connectivity index (χ1v) is 8.10. The van der Waals surface area contributed by atoms with E-state index in [0.29, 0.717) is 5.56 Å². The number of hydrogen-bond donors (Lipinski definition) is 2. The molecule has 0 unspecified atom stereocenters. The molecule has 1 heterocycles. The molecular formula is C14H18N2O4S. The van der Waals surface area contributed by atoms with E-state index >= 15 is 0 Å². The van der Waals surface area contributed by atoms with Gasteiger partial charge in [0.1, 0.15) is 12.3 Å². The zero-order chi connectivity index (χ0) is 16.1. The van der Waals surface area contributed by atoms with E-state index in [1.54, 1.807) is 19.9 Å². The fourth-order valence-electron chi connectivity index (χ4n) is 1.26. The lowest BCUT2D eigenvalue weighted by molar-refractivity contribution is 0.0945. The molecule has 0 radical (unpaired) electrons. The van der Waals surface area contributed by atoms with Crippen LogP contribution in [-0.2, 0) is 9.84 Å². The van der Waals surface area contributed by atoms with Crippen LogP contribution < -0.4 is 5.32 Å². The number of rotatable bonds is 4. The van der Waals surface area contributed by atoms with Crippen LogP contribution in [0.2, 0.25) is 0 Å². The van der Waals surface area contributed by atoms with Crippen LogP contribution in [0.15, 0.2) is 18.3 Å². The number of hydrogen-bond acceptors (Lipinski definition) is 5. The molecule has 0 saturated carbocycles. The number of aliphatic hydroxyl groups is 1. The lowest BCUT2D eigenvalue weighted by atomic mass is 10.2. The van der Waals surface area contributed by atoms with Crippen molar-refractivity contribution in [1.82, 2.24) is 10.3 Å². The number of nitrogens with one attached hydrogen (secondary N) is 1. The van der Waals surface area contributed by atoms with Gasteiger partial charge in [-0.3, -0.25) is 4.79 Å². The summed E-state index contributed by atoms with van der Waals surface area (Å²) in [6, 6.07) is 3.09. The predicted molar refractivity (Wildman–Crippen MR) is 79.5 cm³/mol. The fraction of sp³-hybridized carbons (Fsp3) is 0.429. The van der Waals surface area contributed by atoms with Gasteiger partial charge in [-0.1, -0.05) is 11.8 Å². The molecule has 21 heavy (non-hydrogen) atoms. The second kappa shape index (κ2) is 6.70. The summed E-state index contributed by atoms with van der Waals surface area (Å²) in [5.74, 6) is 4.69. The van der Waals surface area contributed by atoms with E-state index in [9.17, 15) is 13.2 Å². The van der Waals surface area contributed by atoms with Crippen molar-refractivity contribution in [2.75, 3.05) is 19.4 Å². The monoisotopic (exact) mass is 310 g/mol. The molecule has 0 atom stereocenters. The molecule has 0 aliphatic rings. The van der Waals surface area contributed by atoms with Crippen molar-refractivity contribution in [2.45, 2.75) is 18.6 Å². The number of amides is 1. The molecule has 1 amide bonds. The Kier molecular flexibility index (Phi) is 5.47. The van der Waals surface area contributed by atoms with E-state index in [0.717, 1.165) is 6.26 Å². The summed E-state index contributed by atoms with van der Waals surface area (Å²) in [6.45, 7) is 2.84. The molecule has 0 aromatic carbocycles. The van der Waals surface area contributed by atoms with Crippen molar-refractivity contribution in [3.8, 4) is 11.8 Å². The van der Waals surface area contributed by atoms with Gasteiger partial charge in [0.2, 0.25) is 0 Å². The Morgan fingerprint density at radius 3 is 2.57 bits per heavy atom. The molecule has 114 valence electrons. The topological polar surface area (TPSA) is 96.4 Å². The zero-order valence-electron chi connectivity index (χ0n) is 12.2. The second-order valence-electron chi connectivity index (χ2n) is 5.11. The predicted octanol–water partition coefficient (Wildman–Crippen LogP) is -0.0216. The Hall–Kier alpha value is -1.91. The third-order valence-electron chi connectivity index (χ3n) is 2.99. The maximum absolute atomic E-state index is 11.9. The lowest BCUT2D eigenvalue weighted by Crippen LogP contribution is -2.43. The average Bonchev–Trinajstić information content (AvgIpc) is 2.42. The van der Waals surface area contributed by atoms with Gasteiger partial charge in [0.05, 0.1) is 4.75 Å². The molecule has 0 spiro atoms. The van der Waals surface area contributed by atoms with Gasteiger partial charge < -0.3 is 10.4 Å². The Morgan fingerprint density at radius 1 is 1.43 bits per heavy atom. The van der Waals surface area contributed by atoms with Crippen LogP contribution in [0.25, 0.3) is 0 Å². The zero-order valence-corrected chi connectivity index (χ0v) is 13.0. The molecule has 1 aromatic heterocycles. The third kappa shape index (κ3) is 4.85. The van der Waals surface area contributed by atoms with Crippen LogP contribution >= 0.6 is 0 Å². The number of carbonyl (C=O) groups is 1. The quantitative estimate of drug-likeness (QED) is 0.762. The maximum Gasteiger partial charge on any atom is 0.269 e. The SMILES string of the molecule is CC(C)(CNC(=O)c1ccc(C#CCO)cn1)S(C)(=O)=O. The van der Waals surface area contributed by atoms with Crippen molar-refractivity contribution in [1.29, 1.82) is 0 Å². The molecular weight excluding hydrogens is 292 g/mol. The maximum atomic E-state index is 11.9. The molecule has 0 bridgehead atoms. The number of sulfone groups is 1. The Bertz CT molecular complexity index is 667. The van der Waals surface area contributed by atoms with Gasteiger partial charge in [-0.2, -0.15) is 0 Å². The summed E-state index contributed by atoms with van der Waals surface area (Å²) < 4.78 is 22.0. The van der Waals surface area contributed by atoms with E-state index in [1.807, 2.05) is 0 Å². The van der Waals surface area contributed by atoms with E-state index in [4.69, 9.17) is 5.11 Å². The van der Waals surface area contributed by atoms with Crippen molar-refractivity contribution in [3.63, 3.8) is 0 Å². The lowest BCUT2D eigenvalue weighted by Gasteiger charge is -2.22. The van der Waals surface area contributed by atoms with Crippen LogP contribution in [-0.4, -0.2) is 48.6 Å². The van der Waals surface area contributed by atoms with E-state index in [2.05, 4.69) is 22.1 Å². The van der Waals surface area contributed by atoms with E-state index in [-0.39, 0.29) is 18.8 Å². The van der Waals surface area contributed by atoms with Gasteiger partial charge in [-0.15, -0.1) is 0 Å². The average molecular weight is 310 g/mol. The van der Waals surface area contributed by atoms with Crippen molar-refractivity contribution < 1.29 is 18.3 Å². The summed E-state index contributed by atoms with van der Waals surface area (Å²) in [5.41, 5.74) is 0.755. The number of aliphatic hydroxyl groups excluding tert-OH is 1.